The zero-order valence-electron chi connectivity index (χ0n) is 19.8. The third-order valence-corrected chi connectivity index (χ3v) is 7.31. The number of carbonyl (C=O) groups excluding carboxylic acids is 4. The van der Waals surface area contributed by atoms with Gasteiger partial charge in [-0.15, -0.1) is 0 Å². The number of hydrogen-bond donors (Lipinski definition) is 0. The molecule has 2 fully saturated rings. The Morgan fingerprint density at radius 3 is 2.50 bits per heavy atom. The Morgan fingerprint density at radius 1 is 1.06 bits per heavy atom. The van der Waals surface area contributed by atoms with E-state index < -0.39 is 11.9 Å². The summed E-state index contributed by atoms with van der Waals surface area (Å²) in [4.78, 5) is 54.1. The van der Waals surface area contributed by atoms with Crippen LogP contribution in [0.3, 0.4) is 0 Å². The molecule has 3 aliphatic rings. The minimum absolute atomic E-state index is 0.00162. The predicted molar refractivity (Wildman–Crippen MR) is 133 cm³/mol. The van der Waals surface area contributed by atoms with Gasteiger partial charge in [0.2, 0.25) is 17.7 Å². The Balaban J connectivity index is 1.26. The van der Waals surface area contributed by atoms with Gasteiger partial charge < -0.3 is 14.4 Å². The first-order valence-electron chi connectivity index (χ1n) is 11.8. The molecule has 186 valence electrons. The molecule has 8 nitrogen and oxygen atoms in total. The van der Waals surface area contributed by atoms with E-state index in [1.165, 1.54) is 16.9 Å². The predicted octanol–water partition coefficient (Wildman–Crippen LogP) is 4.01. The van der Waals surface area contributed by atoms with Gasteiger partial charge in [-0.25, -0.2) is 0 Å². The smallest absolute Gasteiger partial charge is 0.316 e. The number of amides is 3. The molecule has 9 heteroatoms. The summed E-state index contributed by atoms with van der Waals surface area (Å²) >= 11 is 6.09. The lowest BCUT2D eigenvalue weighted by atomic mass is 9.78. The summed E-state index contributed by atoms with van der Waals surface area (Å²) in [6.45, 7) is 2.08. The van der Waals surface area contributed by atoms with Crippen molar-refractivity contribution in [3.8, 4) is 11.5 Å². The highest BCUT2D eigenvalue weighted by atomic mass is 35.5. The van der Waals surface area contributed by atoms with E-state index in [0.717, 1.165) is 0 Å². The zero-order valence-corrected chi connectivity index (χ0v) is 20.6. The van der Waals surface area contributed by atoms with Crippen molar-refractivity contribution in [1.29, 1.82) is 0 Å². The van der Waals surface area contributed by atoms with Crippen LogP contribution in [0.2, 0.25) is 5.02 Å². The Hall–Kier alpha value is -3.65. The van der Waals surface area contributed by atoms with E-state index in [2.05, 4.69) is 0 Å². The van der Waals surface area contributed by atoms with Crippen LogP contribution in [0.15, 0.2) is 54.6 Å². The van der Waals surface area contributed by atoms with E-state index in [-0.39, 0.29) is 54.2 Å². The SMILES string of the molecule is COc1ccc(Cl)cc1N1C[C@H](C(=O)Oc2ccc(N3C(=O)[C@@H]4[C@H](C)C=CC[C@H]4C3=O)cc2)CC1=O. The maximum atomic E-state index is 13.0. The molecule has 2 aromatic carbocycles. The highest BCUT2D eigenvalue weighted by Gasteiger charge is 2.50. The summed E-state index contributed by atoms with van der Waals surface area (Å²) in [6, 6.07) is 11.2. The first-order valence-corrected chi connectivity index (χ1v) is 12.2. The van der Waals surface area contributed by atoms with Crippen LogP contribution in [0.5, 0.6) is 11.5 Å². The van der Waals surface area contributed by atoms with Crippen LogP contribution >= 0.6 is 11.6 Å². The first kappa shape index (κ1) is 24.1. The lowest BCUT2D eigenvalue weighted by molar-refractivity contribution is -0.139. The molecule has 0 aromatic heterocycles. The highest BCUT2D eigenvalue weighted by molar-refractivity contribution is 6.31. The number of rotatable bonds is 5. The number of nitrogens with zero attached hydrogens (tertiary/aromatic N) is 2. The number of methoxy groups -OCH3 is 1. The van der Waals surface area contributed by atoms with Crippen molar-refractivity contribution in [2.45, 2.75) is 19.8 Å². The van der Waals surface area contributed by atoms with Gasteiger partial charge in [-0.2, -0.15) is 0 Å². The molecule has 0 spiro atoms. The van der Waals surface area contributed by atoms with Crippen molar-refractivity contribution >= 4 is 46.7 Å². The van der Waals surface area contributed by atoms with E-state index in [0.29, 0.717) is 28.6 Å². The number of imide groups is 1. The molecule has 1 aliphatic carbocycles. The van der Waals surface area contributed by atoms with Crippen molar-refractivity contribution in [2.75, 3.05) is 23.5 Å². The Labute approximate surface area is 213 Å². The normalized spacial score (nSPS) is 25.4. The second kappa shape index (κ2) is 9.43. The van der Waals surface area contributed by atoms with Gasteiger partial charge in [0.15, 0.2) is 0 Å². The quantitative estimate of drug-likeness (QED) is 0.262. The second-order valence-corrected chi connectivity index (χ2v) is 9.74. The summed E-state index contributed by atoms with van der Waals surface area (Å²) < 4.78 is 10.9. The van der Waals surface area contributed by atoms with Crippen LogP contribution in [0.25, 0.3) is 0 Å². The third-order valence-electron chi connectivity index (χ3n) is 7.08. The van der Waals surface area contributed by atoms with Crippen molar-refractivity contribution in [3.05, 3.63) is 59.6 Å². The van der Waals surface area contributed by atoms with Gasteiger partial charge in [0.25, 0.3) is 0 Å². The number of halogens is 1. The van der Waals surface area contributed by atoms with Gasteiger partial charge in [0, 0.05) is 18.0 Å². The summed E-state index contributed by atoms with van der Waals surface area (Å²) in [5.74, 6) is -1.78. The monoisotopic (exact) mass is 508 g/mol. The van der Waals surface area contributed by atoms with Crippen molar-refractivity contribution in [2.24, 2.45) is 23.7 Å². The average molecular weight is 509 g/mol. The summed E-state index contributed by atoms with van der Waals surface area (Å²) in [7, 11) is 1.50. The number of ether oxygens (including phenoxy) is 2. The number of anilines is 2. The van der Waals surface area contributed by atoms with Gasteiger partial charge in [0.1, 0.15) is 11.5 Å². The lowest BCUT2D eigenvalue weighted by Gasteiger charge is -2.22. The van der Waals surface area contributed by atoms with E-state index >= 15 is 0 Å². The Kier molecular flexibility index (Phi) is 6.30. The van der Waals surface area contributed by atoms with Crippen LogP contribution in [-0.2, 0) is 19.2 Å². The number of allylic oxidation sites excluding steroid dienone is 2. The number of carbonyl (C=O) groups is 4. The molecule has 0 unspecified atom stereocenters. The fraction of sp³-hybridized carbons (Fsp3) is 0.333. The summed E-state index contributed by atoms with van der Waals surface area (Å²) in [5.41, 5.74) is 0.946. The molecule has 3 amide bonds. The standard InChI is InChI=1S/C27H25ClN2O6/c1-15-4-3-5-20-24(15)26(33)30(25(20)32)18-7-9-19(10-8-18)36-27(34)16-12-23(31)29(14-16)21-13-17(28)6-11-22(21)35-2/h3-4,6-11,13,15-16,20,24H,5,12,14H2,1-2H3/t15-,16-,20-,24-/m1/s1. The maximum absolute atomic E-state index is 13.0. The van der Waals surface area contributed by atoms with Crippen LogP contribution in [0, 0.1) is 23.7 Å². The van der Waals surface area contributed by atoms with Crippen LogP contribution in [0.4, 0.5) is 11.4 Å². The van der Waals surface area contributed by atoms with Gasteiger partial charge in [0.05, 0.1) is 36.2 Å². The third kappa shape index (κ3) is 4.15. The largest absolute Gasteiger partial charge is 0.495 e. The van der Waals surface area contributed by atoms with Crippen molar-refractivity contribution in [3.63, 3.8) is 0 Å². The minimum Gasteiger partial charge on any atom is -0.495 e. The molecule has 0 N–H and O–H groups in total. The fourth-order valence-corrected chi connectivity index (χ4v) is 5.40. The van der Waals surface area contributed by atoms with E-state index in [1.807, 2.05) is 19.1 Å². The van der Waals surface area contributed by atoms with Crippen LogP contribution < -0.4 is 19.3 Å². The number of fused-ring (bicyclic) bond motifs is 1. The molecule has 0 bridgehead atoms. The molecule has 4 atom stereocenters. The zero-order chi connectivity index (χ0) is 25.6. The molecule has 0 saturated carbocycles. The molecule has 2 aliphatic heterocycles. The number of benzene rings is 2. The van der Waals surface area contributed by atoms with Gasteiger partial charge in [-0.1, -0.05) is 30.7 Å². The lowest BCUT2D eigenvalue weighted by Crippen LogP contribution is -2.31. The first-order chi connectivity index (χ1) is 17.3. The van der Waals surface area contributed by atoms with Gasteiger partial charge in [-0.3, -0.25) is 24.1 Å². The highest BCUT2D eigenvalue weighted by Crippen LogP contribution is 2.41. The number of hydrogen-bond acceptors (Lipinski definition) is 6. The van der Waals surface area contributed by atoms with Gasteiger partial charge in [-0.05, 0) is 54.8 Å². The molecule has 5 rings (SSSR count). The summed E-state index contributed by atoms with van der Waals surface area (Å²) in [5, 5.41) is 0.449. The van der Waals surface area contributed by atoms with Crippen molar-refractivity contribution < 1.29 is 28.7 Å². The van der Waals surface area contributed by atoms with Crippen LogP contribution in [-0.4, -0.2) is 37.3 Å². The van der Waals surface area contributed by atoms with E-state index in [1.54, 1.807) is 42.5 Å². The Bertz CT molecular complexity index is 1270. The molecule has 2 heterocycles. The number of esters is 1. The van der Waals surface area contributed by atoms with Crippen molar-refractivity contribution in [1.82, 2.24) is 0 Å². The Morgan fingerprint density at radius 2 is 1.81 bits per heavy atom. The molecule has 0 radical (unpaired) electrons. The molecular weight excluding hydrogens is 484 g/mol. The average Bonchev–Trinajstić information content (AvgIpc) is 3.37. The summed E-state index contributed by atoms with van der Waals surface area (Å²) in [6.07, 6.45) is 4.50. The molecule has 36 heavy (non-hydrogen) atoms. The maximum Gasteiger partial charge on any atom is 0.316 e. The topological polar surface area (TPSA) is 93.2 Å². The molecule has 2 saturated heterocycles. The fourth-order valence-electron chi connectivity index (χ4n) is 5.24. The molecule has 2 aromatic rings. The second-order valence-electron chi connectivity index (χ2n) is 9.30. The van der Waals surface area contributed by atoms with E-state index in [4.69, 9.17) is 21.1 Å². The minimum atomic E-state index is -0.667. The molecular formula is C27H25ClN2O6. The van der Waals surface area contributed by atoms with Gasteiger partial charge >= 0.3 is 5.97 Å². The van der Waals surface area contributed by atoms with E-state index in [9.17, 15) is 19.2 Å². The van der Waals surface area contributed by atoms with Crippen LogP contribution in [0.1, 0.15) is 19.8 Å².